The van der Waals surface area contributed by atoms with E-state index in [-0.39, 0.29) is 12.1 Å². The van der Waals surface area contributed by atoms with E-state index in [2.05, 4.69) is 22.6 Å². The number of esters is 1. The van der Waals surface area contributed by atoms with Gasteiger partial charge in [-0.1, -0.05) is 12.1 Å². The van der Waals surface area contributed by atoms with Gasteiger partial charge in [-0.2, -0.15) is 0 Å². The maximum absolute atomic E-state index is 11.5. The fourth-order valence-electron chi connectivity index (χ4n) is 1.11. The van der Waals surface area contributed by atoms with Gasteiger partial charge in [0.05, 0.1) is 9.67 Å². The van der Waals surface area contributed by atoms with Crippen LogP contribution in [0.1, 0.15) is 20.8 Å². The second-order valence-corrected chi connectivity index (χ2v) is 4.84. The molecule has 0 saturated heterocycles. The molecule has 0 N–H and O–H groups in total. The molecule has 0 aliphatic rings. The number of ether oxygens (including phenoxy) is 2. The molecule has 0 amide bonds. The quantitative estimate of drug-likeness (QED) is 0.627. The molecule has 0 aliphatic heterocycles. The molecular formula is C12H15IO3. The lowest BCUT2D eigenvalue weighted by atomic mass is 10.3. The Morgan fingerprint density at radius 3 is 2.44 bits per heavy atom. The highest BCUT2D eigenvalue weighted by molar-refractivity contribution is 14.1. The molecule has 3 nitrogen and oxygen atoms in total. The molecule has 0 aromatic heterocycles. The predicted octanol–water partition coefficient (Wildman–Crippen LogP) is 3.01. The summed E-state index contributed by atoms with van der Waals surface area (Å²) in [5, 5.41) is 0. The first-order valence-corrected chi connectivity index (χ1v) is 6.20. The molecule has 0 heterocycles. The Kier molecular flexibility index (Phi) is 5.05. The molecule has 1 aromatic carbocycles. The monoisotopic (exact) mass is 334 g/mol. The fourth-order valence-corrected chi connectivity index (χ4v) is 1.62. The van der Waals surface area contributed by atoms with Crippen LogP contribution in [0.5, 0.6) is 5.75 Å². The third kappa shape index (κ3) is 4.00. The van der Waals surface area contributed by atoms with Gasteiger partial charge in [0.1, 0.15) is 5.75 Å². The van der Waals surface area contributed by atoms with Crippen molar-refractivity contribution in [3.8, 4) is 5.75 Å². The first-order chi connectivity index (χ1) is 7.50. The van der Waals surface area contributed by atoms with E-state index in [1.54, 1.807) is 6.92 Å². The zero-order valence-electron chi connectivity index (χ0n) is 9.57. The van der Waals surface area contributed by atoms with E-state index in [4.69, 9.17) is 9.47 Å². The molecule has 1 aromatic rings. The van der Waals surface area contributed by atoms with Gasteiger partial charge in [0.15, 0.2) is 6.10 Å². The zero-order chi connectivity index (χ0) is 12.1. The van der Waals surface area contributed by atoms with Gasteiger partial charge in [-0.3, -0.25) is 0 Å². The highest BCUT2D eigenvalue weighted by Gasteiger charge is 2.18. The largest absolute Gasteiger partial charge is 0.478 e. The normalized spacial score (nSPS) is 12.3. The fraction of sp³-hybridized carbons (Fsp3) is 0.417. The van der Waals surface area contributed by atoms with Crippen molar-refractivity contribution < 1.29 is 14.3 Å². The van der Waals surface area contributed by atoms with Gasteiger partial charge < -0.3 is 9.47 Å². The van der Waals surface area contributed by atoms with Gasteiger partial charge in [0, 0.05) is 0 Å². The summed E-state index contributed by atoms with van der Waals surface area (Å²) in [5.41, 5.74) is 0. The zero-order valence-corrected chi connectivity index (χ0v) is 11.7. The van der Waals surface area contributed by atoms with Gasteiger partial charge in [0.25, 0.3) is 0 Å². The van der Waals surface area contributed by atoms with Crippen molar-refractivity contribution in [3.63, 3.8) is 0 Å². The second-order valence-electron chi connectivity index (χ2n) is 3.68. The number of benzene rings is 1. The molecule has 1 atom stereocenters. The summed E-state index contributed by atoms with van der Waals surface area (Å²) < 4.78 is 11.6. The smallest absolute Gasteiger partial charge is 0.347 e. The van der Waals surface area contributed by atoms with Crippen LogP contribution < -0.4 is 4.74 Å². The first-order valence-electron chi connectivity index (χ1n) is 5.12. The Labute approximate surface area is 109 Å². The van der Waals surface area contributed by atoms with Gasteiger partial charge >= 0.3 is 5.97 Å². The second kappa shape index (κ2) is 6.08. The van der Waals surface area contributed by atoms with E-state index in [0.29, 0.717) is 5.75 Å². The van der Waals surface area contributed by atoms with Crippen LogP contribution in [0.2, 0.25) is 0 Å². The van der Waals surface area contributed by atoms with Crippen molar-refractivity contribution in [2.24, 2.45) is 0 Å². The van der Waals surface area contributed by atoms with Crippen molar-refractivity contribution in [2.75, 3.05) is 0 Å². The van der Waals surface area contributed by atoms with Crippen molar-refractivity contribution in [3.05, 3.63) is 27.8 Å². The summed E-state index contributed by atoms with van der Waals surface area (Å²) in [7, 11) is 0. The van der Waals surface area contributed by atoms with Crippen LogP contribution in [0, 0.1) is 3.57 Å². The van der Waals surface area contributed by atoms with Crippen LogP contribution in [0.4, 0.5) is 0 Å². The van der Waals surface area contributed by atoms with Crippen LogP contribution in [0.3, 0.4) is 0 Å². The topological polar surface area (TPSA) is 35.5 Å². The number of carbonyl (C=O) groups excluding carboxylic acids is 1. The molecule has 0 fully saturated rings. The lowest BCUT2D eigenvalue weighted by molar-refractivity contribution is -0.154. The van der Waals surface area contributed by atoms with Crippen molar-refractivity contribution in [2.45, 2.75) is 33.0 Å². The molecule has 0 radical (unpaired) electrons. The van der Waals surface area contributed by atoms with Crippen LogP contribution in [0.15, 0.2) is 24.3 Å². The molecule has 88 valence electrons. The number of rotatable bonds is 4. The standard InChI is InChI=1S/C12H15IO3/c1-8(2)15-12(14)9(3)16-11-7-5-4-6-10(11)13/h4-9H,1-3H3/t9-/m1/s1. The third-order valence-electron chi connectivity index (χ3n) is 1.82. The number of para-hydroxylation sites is 1. The molecule has 0 bridgehead atoms. The highest BCUT2D eigenvalue weighted by Crippen LogP contribution is 2.21. The molecule has 0 aliphatic carbocycles. The number of hydrogen-bond donors (Lipinski definition) is 0. The number of carbonyl (C=O) groups is 1. The van der Waals surface area contributed by atoms with Crippen molar-refractivity contribution in [1.82, 2.24) is 0 Å². The summed E-state index contributed by atoms with van der Waals surface area (Å²) in [4.78, 5) is 11.5. The minimum Gasteiger partial charge on any atom is -0.478 e. The molecule has 0 spiro atoms. The summed E-state index contributed by atoms with van der Waals surface area (Å²) in [6, 6.07) is 7.56. The van der Waals surface area contributed by atoms with Crippen LogP contribution in [-0.2, 0) is 9.53 Å². The van der Waals surface area contributed by atoms with Crippen molar-refractivity contribution in [1.29, 1.82) is 0 Å². The molecule has 16 heavy (non-hydrogen) atoms. The molecular weight excluding hydrogens is 319 g/mol. The lowest BCUT2D eigenvalue weighted by Gasteiger charge is -2.16. The van der Waals surface area contributed by atoms with Crippen molar-refractivity contribution >= 4 is 28.6 Å². The lowest BCUT2D eigenvalue weighted by Crippen LogP contribution is -2.28. The van der Waals surface area contributed by atoms with E-state index < -0.39 is 6.10 Å². The van der Waals surface area contributed by atoms with Gasteiger partial charge in [-0.15, -0.1) is 0 Å². The van der Waals surface area contributed by atoms with Gasteiger partial charge in [-0.25, -0.2) is 4.79 Å². The third-order valence-corrected chi connectivity index (χ3v) is 2.72. The summed E-state index contributed by atoms with van der Waals surface area (Å²) in [6.45, 7) is 5.32. The predicted molar refractivity (Wildman–Crippen MR) is 70.5 cm³/mol. The minimum atomic E-state index is -0.585. The number of hydrogen-bond acceptors (Lipinski definition) is 3. The van der Waals surface area contributed by atoms with Crippen LogP contribution in [-0.4, -0.2) is 18.2 Å². The van der Waals surface area contributed by atoms with E-state index >= 15 is 0 Å². The SMILES string of the molecule is CC(C)OC(=O)[C@@H](C)Oc1ccccc1I. The van der Waals surface area contributed by atoms with Gasteiger partial charge in [0.2, 0.25) is 0 Å². The van der Waals surface area contributed by atoms with E-state index in [9.17, 15) is 4.79 Å². The summed E-state index contributed by atoms with van der Waals surface area (Å²) in [5.74, 6) is 0.367. The Morgan fingerprint density at radius 2 is 1.88 bits per heavy atom. The molecule has 0 saturated carbocycles. The van der Waals surface area contributed by atoms with Crippen LogP contribution in [0.25, 0.3) is 0 Å². The van der Waals surface area contributed by atoms with E-state index in [1.165, 1.54) is 0 Å². The van der Waals surface area contributed by atoms with E-state index in [1.807, 2.05) is 38.1 Å². The average molecular weight is 334 g/mol. The average Bonchev–Trinajstić information content (AvgIpc) is 2.20. The summed E-state index contributed by atoms with van der Waals surface area (Å²) >= 11 is 2.17. The number of halogens is 1. The van der Waals surface area contributed by atoms with Crippen LogP contribution >= 0.6 is 22.6 Å². The Hall–Kier alpha value is -0.780. The van der Waals surface area contributed by atoms with Gasteiger partial charge in [-0.05, 0) is 55.5 Å². The Bertz CT molecular complexity index is 363. The Balaban J connectivity index is 2.61. The summed E-state index contributed by atoms with van der Waals surface area (Å²) in [6.07, 6.45) is -0.702. The molecule has 1 rings (SSSR count). The maximum Gasteiger partial charge on any atom is 0.347 e. The first kappa shape index (κ1) is 13.3. The Morgan fingerprint density at radius 1 is 1.25 bits per heavy atom. The highest BCUT2D eigenvalue weighted by atomic mass is 127. The molecule has 4 heteroatoms. The van der Waals surface area contributed by atoms with E-state index in [0.717, 1.165) is 3.57 Å². The maximum atomic E-state index is 11.5. The minimum absolute atomic E-state index is 0.117. The molecule has 0 unspecified atom stereocenters.